The number of anilines is 1. The third-order valence-corrected chi connectivity index (χ3v) is 3.26. The molecule has 0 heterocycles. The lowest BCUT2D eigenvalue weighted by molar-refractivity contribution is 0.117. The zero-order valence-electron chi connectivity index (χ0n) is 11.0. The maximum atomic E-state index is 13.4. The van der Waals surface area contributed by atoms with E-state index in [4.69, 9.17) is 4.74 Å². The molecule has 3 nitrogen and oxygen atoms in total. The molecule has 0 saturated carbocycles. The van der Waals surface area contributed by atoms with Crippen molar-refractivity contribution in [3.05, 3.63) is 58.6 Å². The molecule has 0 aromatic heterocycles. The maximum absolute atomic E-state index is 13.4. The molecule has 0 radical (unpaired) electrons. The van der Waals surface area contributed by atoms with Crippen molar-refractivity contribution in [1.29, 1.82) is 0 Å². The van der Waals surface area contributed by atoms with E-state index < -0.39 is 17.7 Å². The molecular weight excluding hydrogens is 344 g/mol. The zero-order valence-corrected chi connectivity index (χ0v) is 12.6. The molecule has 2 rings (SSSR count). The van der Waals surface area contributed by atoms with Crippen LogP contribution in [-0.2, 0) is 0 Å². The van der Waals surface area contributed by atoms with Gasteiger partial charge in [0.2, 0.25) is 0 Å². The molecule has 2 aromatic carbocycles. The molecule has 0 spiro atoms. The topological polar surface area (TPSA) is 41.5 Å². The molecule has 0 bridgehead atoms. The van der Waals surface area contributed by atoms with Gasteiger partial charge in [0.15, 0.2) is 11.6 Å². The van der Waals surface area contributed by atoms with Gasteiger partial charge in [-0.15, -0.1) is 0 Å². The van der Waals surface area contributed by atoms with E-state index in [-0.39, 0.29) is 18.8 Å². The van der Waals surface area contributed by atoms with Crippen LogP contribution in [0.2, 0.25) is 0 Å². The van der Waals surface area contributed by atoms with Crippen molar-refractivity contribution < 1.29 is 18.6 Å². The van der Waals surface area contributed by atoms with Crippen molar-refractivity contribution >= 4 is 21.6 Å². The summed E-state index contributed by atoms with van der Waals surface area (Å²) in [5.74, 6) is -1.27. The first-order valence-electron chi connectivity index (χ1n) is 6.30. The van der Waals surface area contributed by atoms with Gasteiger partial charge in [0.1, 0.15) is 18.5 Å². The van der Waals surface area contributed by atoms with Crippen LogP contribution >= 0.6 is 15.9 Å². The lowest BCUT2D eigenvalue weighted by atomic mass is 10.2. The zero-order chi connectivity index (χ0) is 15.2. The summed E-state index contributed by atoms with van der Waals surface area (Å²) in [4.78, 5) is 0. The van der Waals surface area contributed by atoms with Crippen LogP contribution in [0, 0.1) is 11.6 Å². The molecule has 0 saturated heterocycles. The van der Waals surface area contributed by atoms with E-state index in [0.717, 1.165) is 10.5 Å². The van der Waals surface area contributed by atoms with Gasteiger partial charge in [-0.1, -0.05) is 22.0 Å². The van der Waals surface area contributed by atoms with Crippen molar-refractivity contribution in [2.45, 2.75) is 6.10 Å². The number of nitrogens with one attached hydrogen (secondary N) is 1. The molecule has 112 valence electrons. The Morgan fingerprint density at radius 3 is 2.57 bits per heavy atom. The van der Waals surface area contributed by atoms with E-state index in [1.165, 1.54) is 12.1 Å². The van der Waals surface area contributed by atoms with Crippen LogP contribution in [0.4, 0.5) is 14.5 Å². The highest BCUT2D eigenvalue weighted by Gasteiger charge is 2.10. The van der Waals surface area contributed by atoms with Crippen molar-refractivity contribution in [1.82, 2.24) is 0 Å². The van der Waals surface area contributed by atoms with E-state index in [9.17, 15) is 13.9 Å². The molecule has 2 aromatic rings. The highest BCUT2D eigenvalue weighted by atomic mass is 79.9. The first kappa shape index (κ1) is 15.7. The molecule has 6 heteroatoms. The minimum absolute atomic E-state index is 0.0118. The summed E-state index contributed by atoms with van der Waals surface area (Å²) < 4.78 is 32.7. The van der Waals surface area contributed by atoms with Gasteiger partial charge in [-0.05, 0) is 36.4 Å². The predicted octanol–water partition coefficient (Wildman–Crippen LogP) is 3.58. The first-order chi connectivity index (χ1) is 10.1. The molecule has 1 unspecified atom stereocenters. The largest absolute Gasteiger partial charge is 0.491 e. The van der Waals surface area contributed by atoms with Gasteiger partial charge in [-0.25, -0.2) is 8.78 Å². The van der Waals surface area contributed by atoms with Gasteiger partial charge < -0.3 is 15.2 Å². The Morgan fingerprint density at radius 2 is 1.86 bits per heavy atom. The lowest BCUT2D eigenvalue weighted by Gasteiger charge is -2.14. The van der Waals surface area contributed by atoms with Gasteiger partial charge in [0, 0.05) is 11.0 Å². The first-order valence-corrected chi connectivity index (χ1v) is 7.10. The molecule has 2 N–H and O–H groups in total. The van der Waals surface area contributed by atoms with Crippen LogP contribution in [0.15, 0.2) is 46.9 Å². The van der Waals surface area contributed by atoms with Crippen LogP contribution in [0.1, 0.15) is 0 Å². The van der Waals surface area contributed by atoms with Crippen molar-refractivity contribution in [3.8, 4) is 5.75 Å². The number of hydrogen-bond donors (Lipinski definition) is 2. The average Bonchev–Trinajstić information content (AvgIpc) is 2.48. The third kappa shape index (κ3) is 4.68. The summed E-state index contributed by atoms with van der Waals surface area (Å²) in [5.41, 5.74) is 0.0118. The van der Waals surface area contributed by atoms with Crippen molar-refractivity contribution in [2.75, 3.05) is 18.5 Å². The number of aliphatic hydroxyl groups is 1. The highest BCUT2D eigenvalue weighted by Crippen LogP contribution is 2.17. The van der Waals surface area contributed by atoms with Gasteiger partial charge >= 0.3 is 0 Å². The number of hydrogen-bond acceptors (Lipinski definition) is 3. The molecule has 21 heavy (non-hydrogen) atoms. The Morgan fingerprint density at radius 1 is 1.14 bits per heavy atom. The Bertz CT molecular complexity index is 593. The van der Waals surface area contributed by atoms with Gasteiger partial charge in [-0.2, -0.15) is 0 Å². The average molecular weight is 358 g/mol. The van der Waals surface area contributed by atoms with Crippen LogP contribution in [0.5, 0.6) is 5.75 Å². The molecule has 0 aliphatic carbocycles. The quantitative estimate of drug-likeness (QED) is 0.830. The summed E-state index contributed by atoms with van der Waals surface area (Å²) in [5, 5.41) is 12.4. The van der Waals surface area contributed by atoms with E-state index >= 15 is 0 Å². The summed E-state index contributed by atoms with van der Waals surface area (Å²) >= 11 is 3.31. The van der Waals surface area contributed by atoms with E-state index in [2.05, 4.69) is 21.2 Å². The second-order valence-electron chi connectivity index (χ2n) is 4.40. The van der Waals surface area contributed by atoms with Crippen molar-refractivity contribution in [2.24, 2.45) is 0 Å². The minimum atomic E-state index is -0.960. The minimum Gasteiger partial charge on any atom is -0.491 e. The number of benzene rings is 2. The Balaban J connectivity index is 1.80. The monoisotopic (exact) mass is 357 g/mol. The number of ether oxygens (including phenoxy) is 1. The van der Waals surface area contributed by atoms with Crippen LogP contribution in [0.3, 0.4) is 0 Å². The molecule has 0 amide bonds. The Kier molecular flexibility index (Phi) is 5.52. The SMILES string of the molecule is OC(CNc1cccc(F)c1F)COc1ccc(Br)cc1. The fourth-order valence-corrected chi connectivity index (χ4v) is 1.91. The lowest BCUT2D eigenvalue weighted by Crippen LogP contribution is -2.26. The molecular formula is C15H14BrF2NO2. The van der Waals surface area contributed by atoms with Gasteiger partial charge in [-0.3, -0.25) is 0 Å². The summed E-state index contributed by atoms with van der Waals surface area (Å²) in [6.45, 7) is 0.0997. The smallest absolute Gasteiger partial charge is 0.181 e. The summed E-state index contributed by atoms with van der Waals surface area (Å²) in [7, 11) is 0. The van der Waals surface area contributed by atoms with Crippen molar-refractivity contribution in [3.63, 3.8) is 0 Å². The molecule has 0 fully saturated rings. The fraction of sp³-hybridized carbons (Fsp3) is 0.200. The summed E-state index contributed by atoms with van der Waals surface area (Å²) in [6, 6.07) is 11.0. The second kappa shape index (κ2) is 7.38. The Labute approximate surface area is 129 Å². The standard InChI is InChI=1S/C15H14BrF2NO2/c16-10-4-6-12(7-5-10)21-9-11(20)8-19-14-3-1-2-13(17)15(14)18/h1-7,11,19-20H,8-9H2. The van der Waals surface area contributed by atoms with Gasteiger partial charge in [0.05, 0.1) is 5.69 Å². The van der Waals surface area contributed by atoms with Crippen LogP contribution in [0.25, 0.3) is 0 Å². The molecule has 1 atom stereocenters. The Hall–Kier alpha value is -1.66. The number of aliphatic hydroxyl groups excluding tert-OH is 1. The van der Waals surface area contributed by atoms with E-state index in [0.29, 0.717) is 5.75 Å². The second-order valence-corrected chi connectivity index (χ2v) is 5.32. The predicted molar refractivity (Wildman–Crippen MR) is 80.5 cm³/mol. The maximum Gasteiger partial charge on any atom is 0.181 e. The normalized spacial score (nSPS) is 12.0. The fourth-order valence-electron chi connectivity index (χ4n) is 1.65. The molecule has 0 aliphatic rings. The van der Waals surface area contributed by atoms with Gasteiger partial charge in [0.25, 0.3) is 0 Å². The van der Waals surface area contributed by atoms with E-state index in [1.807, 2.05) is 12.1 Å². The molecule has 0 aliphatic heterocycles. The summed E-state index contributed by atoms with van der Waals surface area (Å²) in [6.07, 6.45) is -0.851. The van der Waals surface area contributed by atoms with E-state index in [1.54, 1.807) is 12.1 Å². The van der Waals surface area contributed by atoms with Crippen LogP contribution in [-0.4, -0.2) is 24.4 Å². The number of rotatable bonds is 6. The number of halogens is 3. The highest BCUT2D eigenvalue weighted by molar-refractivity contribution is 9.10. The van der Waals surface area contributed by atoms with Crippen LogP contribution < -0.4 is 10.1 Å². The third-order valence-electron chi connectivity index (χ3n) is 2.74.